The number of aromatic nitrogens is 2. The van der Waals surface area contributed by atoms with Crippen LogP contribution >= 0.6 is 0 Å². The van der Waals surface area contributed by atoms with Crippen molar-refractivity contribution in [2.75, 3.05) is 25.0 Å². The van der Waals surface area contributed by atoms with Gasteiger partial charge in [-0.2, -0.15) is 9.40 Å². The minimum absolute atomic E-state index is 0.00332. The third kappa shape index (κ3) is 5.45. The molecule has 1 fully saturated rings. The van der Waals surface area contributed by atoms with Crippen LogP contribution in [0.4, 0.5) is 19.0 Å². The number of fused-ring (bicyclic) bond motifs is 1. The van der Waals surface area contributed by atoms with Crippen LogP contribution in [0, 0.1) is 17.5 Å². The zero-order chi connectivity index (χ0) is 27.9. The number of likely N-dealkylation sites (tertiary alicyclic amines) is 1. The molecular formula is C27H30F3N5O3S. The molecule has 0 bridgehead atoms. The molecule has 39 heavy (non-hydrogen) atoms. The van der Waals surface area contributed by atoms with Crippen molar-refractivity contribution in [3.63, 3.8) is 0 Å². The van der Waals surface area contributed by atoms with Crippen molar-refractivity contribution in [3.8, 4) is 0 Å². The number of hydrogen-bond donors (Lipinski definition) is 2. The molecule has 12 heteroatoms. The van der Waals surface area contributed by atoms with Crippen molar-refractivity contribution in [2.45, 2.75) is 56.5 Å². The average molecular weight is 562 g/mol. The number of aromatic amines is 1. The second-order valence-electron chi connectivity index (χ2n) is 10.8. The summed E-state index contributed by atoms with van der Waals surface area (Å²) in [5, 5.41) is 9.78. The monoisotopic (exact) mass is 561 g/mol. The first-order valence-corrected chi connectivity index (χ1v) is 14.2. The minimum Gasteiger partial charge on any atom is -0.305 e. The van der Waals surface area contributed by atoms with E-state index in [1.807, 2.05) is 0 Å². The lowest BCUT2D eigenvalue weighted by molar-refractivity contribution is 0.102. The molecule has 5 rings (SSSR count). The first-order chi connectivity index (χ1) is 18.5. The Kier molecular flexibility index (Phi) is 7.29. The van der Waals surface area contributed by atoms with Crippen LogP contribution in [-0.2, 0) is 28.5 Å². The Morgan fingerprint density at radius 3 is 2.46 bits per heavy atom. The van der Waals surface area contributed by atoms with E-state index in [0.29, 0.717) is 29.4 Å². The number of halogens is 3. The molecule has 3 heterocycles. The predicted molar refractivity (Wildman–Crippen MR) is 139 cm³/mol. The van der Waals surface area contributed by atoms with Crippen molar-refractivity contribution in [1.29, 1.82) is 0 Å². The molecule has 1 aromatic heterocycles. The van der Waals surface area contributed by atoms with Gasteiger partial charge in [-0.3, -0.25) is 14.8 Å². The largest absolute Gasteiger partial charge is 0.305 e. The number of nitrogens with one attached hydrogen (secondary N) is 2. The number of H-pyrrole nitrogens is 1. The molecule has 0 atom stereocenters. The summed E-state index contributed by atoms with van der Waals surface area (Å²) in [5.74, 6) is -3.30. The van der Waals surface area contributed by atoms with Crippen molar-refractivity contribution >= 4 is 21.7 Å². The first kappa shape index (κ1) is 27.4. The van der Waals surface area contributed by atoms with Crippen LogP contribution in [-0.4, -0.2) is 53.4 Å². The summed E-state index contributed by atoms with van der Waals surface area (Å²) in [6.45, 7) is 5.56. The maximum Gasteiger partial charge on any atom is 0.260 e. The van der Waals surface area contributed by atoms with E-state index < -0.39 is 43.7 Å². The Bertz CT molecular complexity index is 1500. The number of nitrogens with zero attached hydrogens (tertiary/aromatic N) is 3. The van der Waals surface area contributed by atoms with Gasteiger partial charge in [-0.15, -0.1) is 0 Å². The van der Waals surface area contributed by atoms with Crippen molar-refractivity contribution in [2.24, 2.45) is 0 Å². The van der Waals surface area contributed by atoms with Gasteiger partial charge in [-0.05, 0) is 49.7 Å². The summed E-state index contributed by atoms with van der Waals surface area (Å²) in [5.41, 5.74) is 0.691. The molecular weight excluding hydrogens is 531 g/mol. The number of carbonyl (C=O) groups is 1. The zero-order valence-electron chi connectivity index (χ0n) is 21.7. The van der Waals surface area contributed by atoms with Crippen molar-refractivity contribution in [1.82, 2.24) is 19.4 Å². The Hall–Kier alpha value is -3.22. The third-order valence-electron chi connectivity index (χ3n) is 7.33. The Morgan fingerprint density at radius 1 is 1.08 bits per heavy atom. The van der Waals surface area contributed by atoms with Crippen LogP contribution in [0.15, 0.2) is 41.3 Å². The molecule has 0 aliphatic carbocycles. The lowest BCUT2D eigenvalue weighted by Crippen LogP contribution is -2.45. The van der Waals surface area contributed by atoms with Crippen LogP contribution < -0.4 is 5.32 Å². The van der Waals surface area contributed by atoms with E-state index in [1.165, 1.54) is 6.07 Å². The topological polar surface area (TPSA) is 98.4 Å². The van der Waals surface area contributed by atoms with Crippen LogP contribution in [0.1, 0.15) is 60.3 Å². The number of carbonyl (C=O) groups excluding carboxylic acids is 1. The van der Waals surface area contributed by atoms with Crippen molar-refractivity contribution < 1.29 is 26.4 Å². The SMILES string of the molecule is CC1(C)CN(S(=O)(=O)c2cc(F)cc(F)c2)Cc2c(NC(=O)c3c(F)cccc3CN3CCCCC3)n[nH]c21. The maximum atomic E-state index is 15.0. The summed E-state index contributed by atoms with van der Waals surface area (Å²) in [7, 11) is -4.29. The second kappa shape index (κ2) is 10.4. The van der Waals surface area contributed by atoms with Gasteiger partial charge in [0.15, 0.2) is 5.82 Å². The fourth-order valence-corrected chi connectivity index (χ4v) is 7.03. The van der Waals surface area contributed by atoms with Gasteiger partial charge in [0.1, 0.15) is 17.5 Å². The summed E-state index contributed by atoms with van der Waals surface area (Å²) in [4.78, 5) is 15.1. The summed E-state index contributed by atoms with van der Waals surface area (Å²) in [6, 6.07) is 6.65. The fraction of sp³-hybridized carbons (Fsp3) is 0.407. The van der Waals surface area contributed by atoms with Crippen LogP contribution in [0.2, 0.25) is 0 Å². The van der Waals surface area contributed by atoms with Gasteiger partial charge < -0.3 is 5.32 Å². The Labute approximate surface area is 225 Å². The highest BCUT2D eigenvalue weighted by Crippen LogP contribution is 2.38. The fourth-order valence-electron chi connectivity index (χ4n) is 5.41. The van der Waals surface area contributed by atoms with Gasteiger partial charge >= 0.3 is 0 Å². The van der Waals surface area contributed by atoms with E-state index in [0.717, 1.165) is 48.8 Å². The molecule has 2 aliphatic heterocycles. The van der Waals surface area contributed by atoms with E-state index in [-0.39, 0.29) is 24.5 Å². The Morgan fingerprint density at radius 2 is 1.77 bits per heavy atom. The molecule has 2 aliphatic rings. The van der Waals surface area contributed by atoms with Crippen LogP contribution in [0.3, 0.4) is 0 Å². The number of benzene rings is 2. The number of hydrogen-bond acceptors (Lipinski definition) is 5. The highest BCUT2D eigenvalue weighted by molar-refractivity contribution is 7.89. The highest BCUT2D eigenvalue weighted by atomic mass is 32.2. The van der Waals surface area contributed by atoms with E-state index in [1.54, 1.807) is 26.0 Å². The zero-order valence-corrected chi connectivity index (χ0v) is 22.5. The Balaban J connectivity index is 1.44. The predicted octanol–water partition coefficient (Wildman–Crippen LogP) is 4.55. The number of piperidine rings is 1. The standard InChI is InChI=1S/C27H30F3N5O3S/c1-27(2)16-35(39(37,38)20-12-18(28)11-19(29)13-20)15-21-24(27)32-33-25(21)31-26(36)23-17(7-6-8-22(23)30)14-34-9-4-3-5-10-34/h6-8,11-13H,3-5,9-10,14-16H2,1-2H3,(H2,31,32,33,36). The summed E-state index contributed by atoms with van der Waals surface area (Å²) < 4.78 is 70.4. The van der Waals surface area contributed by atoms with Gasteiger partial charge in [-0.1, -0.05) is 32.4 Å². The summed E-state index contributed by atoms with van der Waals surface area (Å²) in [6.07, 6.45) is 3.25. The highest BCUT2D eigenvalue weighted by Gasteiger charge is 2.41. The smallest absolute Gasteiger partial charge is 0.260 e. The molecule has 0 saturated carbocycles. The van der Waals surface area contributed by atoms with Crippen LogP contribution in [0.5, 0.6) is 0 Å². The van der Waals surface area contributed by atoms with E-state index >= 15 is 0 Å². The van der Waals surface area contributed by atoms with E-state index in [9.17, 15) is 26.4 Å². The average Bonchev–Trinajstić information content (AvgIpc) is 3.27. The molecule has 2 N–H and O–H groups in total. The molecule has 2 aromatic carbocycles. The molecule has 0 unspecified atom stereocenters. The van der Waals surface area contributed by atoms with Crippen LogP contribution in [0.25, 0.3) is 0 Å². The molecule has 1 amide bonds. The molecule has 3 aromatic rings. The lowest BCUT2D eigenvalue weighted by atomic mass is 9.84. The van der Waals surface area contributed by atoms with Gasteiger partial charge in [0.2, 0.25) is 10.0 Å². The lowest BCUT2D eigenvalue weighted by Gasteiger charge is -2.36. The number of rotatable bonds is 6. The number of amides is 1. The molecule has 8 nitrogen and oxygen atoms in total. The van der Waals surface area contributed by atoms with Gasteiger partial charge in [0, 0.05) is 42.4 Å². The number of sulfonamides is 1. The normalized spacial score (nSPS) is 18.1. The summed E-state index contributed by atoms with van der Waals surface area (Å²) >= 11 is 0. The minimum atomic E-state index is -4.29. The molecule has 1 saturated heterocycles. The van der Waals surface area contributed by atoms with Crippen molar-refractivity contribution in [3.05, 3.63) is 76.2 Å². The number of anilines is 1. The maximum absolute atomic E-state index is 15.0. The van der Waals surface area contributed by atoms with Gasteiger partial charge in [0.05, 0.1) is 10.5 Å². The van der Waals surface area contributed by atoms with E-state index in [2.05, 4.69) is 20.4 Å². The molecule has 208 valence electrons. The quantitative estimate of drug-likeness (QED) is 0.460. The molecule has 0 spiro atoms. The van der Waals surface area contributed by atoms with Gasteiger partial charge in [0.25, 0.3) is 5.91 Å². The van der Waals surface area contributed by atoms with Gasteiger partial charge in [-0.25, -0.2) is 21.6 Å². The first-order valence-electron chi connectivity index (χ1n) is 12.8. The second-order valence-corrected chi connectivity index (χ2v) is 12.7. The third-order valence-corrected chi connectivity index (χ3v) is 9.09. The molecule has 0 radical (unpaired) electrons. The van der Waals surface area contributed by atoms with E-state index in [4.69, 9.17) is 0 Å².